The molecule has 2 aromatic heterocycles. The van der Waals surface area contributed by atoms with Crippen LogP contribution in [0.3, 0.4) is 0 Å². The van der Waals surface area contributed by atoms with E-state index < -0.39 is 0 Å². The minimum Gasteiger partial charge on any atom is -0.350 e. The van der Waals surface area contributed by atoms with Gasteiger partial charge in [0.25, 0.3) is 5.91 Å². The summed E-state index contributed by atoms with van der Waals surface area (Å²) in [6, 6.07) is 9.65. The molecule has 1 N–H and O–H groups in total. The fraction of sp³-hybridized carbons (Fsp3) is 0.476. The molecule has 1 aliphatic rings. The van der Waals surface area contributed by atoms with Crippen molar-refractivity contribution < 1.29 is 4.79 Å². The molecule has 1 amide bonds. The standard InChI is InChI=1S/C21H27N5OS/c1-21(2,3)17-14-26-19(23-17)28-20(24-26)25-12-8-7-11-16(25)13-22-18(27)15-9-5-4-6-10-15/h4-6,9-10,14,16H,7-8,11-13H2,1-3H3,(H,22,27). The van der Waals surface area contributed by atoms with Crippen molar-refractivity contribution in [1.29, 1.82) is 0 Å². The van der Waals surface area contributed by atoms with Crippen molar-refractivity contribution >= 4 is 27.3 Å². The van der Waals surface area contributed by atoms with Crippen LogP contribution >= 0.6 is 11.3 Å². The molecular formula is C21H27N5OS. The topological polar surface area (TPSA) is 62.5 Å². The number of carbonyl (C=O) groups excluding carboxylic acids is 1. The number of hydrogen-bond donors (Lipinski definition) is 1. The molecule has 3 heterocycles. The third kappa shape index (κ3) is 3.90. The van der Waals surface area contributed by atoms with Crippen molar-refractivity contribution in [2.45, 2.75) is 51.5 Å². The van der Waals surface area contributed by atoms with E-state index >= 15 is 0 Å². The van der Waals surface area contributed by atoms with Gasteiger partial charge in [-0.3, -0.25) is 4.79 Å². The Labute approximate surface area is 169 Å². The third-order valence-electron chi connectivity index (χ3n) is 5.21. The van der Waals surface area contributed by atoms with Crippen LogP contribution in [0.2, 0.25) is 0 Å². The second-order valence-corrected chi connectivity index (χ2v) is 9.34. The number of nitrogens with zero attached hydrogens (tertiary/aromatic N) is 4. The van der Waals surface area contributed by atoms with Crippen molar-refractivity contribution in [3.63, 3.8) is 0 Å². The maximum atomic E-state index is 12.4. The van der Waals surface area contributed by atoms with Crippen LogP contribution in [0.5, 0.6) is 0 Å². The lowest BCUT2D eigenvalue weighted by atomic mass is 9.93. The number of anilines is 1. The average molecular weight is 398 g/mol. The number of aromatic nitrogens is 3. The summed E-state index contributed by atoms with van der Waals surface area (Å²) in [7, 11) is 0. The smallest absolute Gasteiger partial charge is 0.251 e. The molecule has 1 aromatic carbocycles. The van der Waals surface area contributed by atoms with Gasteiger partial charge in [-0.1, -0.05) is 50.3 Å². The quantitative estimate of drug-likeness (QED) is 0.726. The SMILES string of the molecule is CC(C)(C)c1cn2nc(N3CCCCC3CNC(=O)c3ccccc3)sc2n1. The van der Waals surface area contributed by atoms with Crippen LogP contribution < -0.4 is 10.2 Å². The summed E-state index contributed by atoms with van der Waals surface area (Å²) in [6.45, 7) is 8.08. The number of imidazole rings is 1. The van der Waals surface area contributed by atoms with Gasteiger partial charge in [0.15, 0.2) is 0 Å². The first-order valence-electron chi connectivity index (χ1n) is 9.88. The number of carbonyl (C=O) groups is 1. The van der Waals surface area contributed by atoms with Crippen LogP contribution in [0, 0.1) is 0 Å². The lowest BCUT2D eigenvalue weighted by Crippen LogP contribution is -2.47. The number of amides is 1. The van der Waals surface area contributed by atoms with Crippen LogP contribution in [0.25, 0.3) is 4.96 Å². The molecule has 0 radical (unpaired) electrons. The van der Waals surface area contributed by atoms with Gasteiger partial charge in [0.1, 0.15) is 0 Å². The summed E-state index contributed by atoms with van der Waals surface area (Å²) < 4.78 is 1.90. The summed E-state index contributed by atoms with van der Waals surface area (Å²) in [5.41, 5.74) is 1.78. The van der Waals surface area contributed by atoms with Gasteiger partial charge in [-0.05, 0) is 31.4 Å². The van der Waals surface area contributed by atoms with E-state index in [9.17, 15) is 4.79 Å². The maximum Gasteiger partial charge on any atom is 0.251 e. The van der Waals surface area contributed by atoms with Gasteiger partial charge in [0, 0.05) is 30.1 Å². The normalized spacial score (nSPS) is 17.8. The molecule has 28 heavy (non-hydrogen) atoms. The molecule has 148 valence electrons. The van der Waals surface area contributed by atoms with Crippen LogP contribution in [-0.2, 0) is 5.41 Å². The van der Waals surface area contributed by atoms with E-state index in [-0.39, 0.29) is 17.4 Å². The molecule has 1 fully saturated rings. The van der Waals surface area contributed by atoms with Gasteiger partial charge in [-0.2, -0.15) is 0 Å². The highest BCUT2D eigenvalue weighted by atomic mass is 32.1. The molecule has 1 atom stereocenters. The Hall–Kier alpha value is -2.41. The first kappa shape index (κ1) is 18.9. The Bertz CT molecular complexity index is 925. The fourth-order valence-electron chi connectivity index (χ4n) is 3.53. The van der Waals surface area contributed by atoms with E-state index in [1.807, 2.05) is 41.0 Å². The highest BCUT2D eigenvalue weighted by molar-refractivity contribution is 7.20. The lowest BCUT2D eigenvalue weighted by molar-refractivity contribution is 0.0949. The van der Waals surface area contributed by atoms with Gasteiger partial charge < -0.3 is 10.2 Å². The Morgan fingerprint density at radius 1 is 1.25 bits per heavy atom. The molecule has 1 saturated heterocycles. The highest BCUT2D eigenvalue weighted by Crippen LogP contribution is 2.31. The van der Waals surface area contributed by atoms with Gasteiger partial charge in [0.05, 0.1) is 11.9 Å². The van der Waals surface area contributed by atoms with Gasteiger partial charge in [-0.15, -0.1) is 5.10 Å². The van der Waals surface area contributed by atoms with Gasteiger partial charge in [-0.25, -0.2) is 9.50 Å². The number of rotatable bonds is 4. The molecule has 1 aliphatic heterocycles. The highest BCUT2D eigenvalue weighted by Gasteiger charge is 2.27. The Morgan fingerprint density at radius 2 is 2.04 bits per heavy atom. The van der Waals surface area contributed by atoms with Crippen molar-refractivity contribution in [2.24, 2.45) is 0 Å². The molecule has 6 nitrogen and oxygen atoms in total. The van der Waals surface area contributed by atoms with Gasteiger partial charge in [0.2, 0.25) is 10.1 Å². The zero-order chi connectivity index (χ0) is 19.7. The fourth-order valence-corrected chi connectivity index (χ4v) is 4.51. The predicted molar refractivity (Wildman–Crippen MR) is 113 cm³/mol. The molecule has 3 aromatic rings. The minimum atomic E-state index is -0.0186. The van der Waals surface area contributed by atoms with Crippen LogP contribution in [0.4, 0.5) is 5.13 Å². The maximum absolute atomic E-state index is 12.4. The number of nitrogens with one attached hydrogen (secondary N) is 1. The van der Waals surface area contributed by atoms with E-state index in [0.717, 1.165) is 35.2 Å². The van der Waals surface area contributed by atoms with E-state index in [4.69, 9.17) is 10.1 Å². The number of benzene rings is 1. The largest absolute Gasteiger partial charge is 0.350 e. The van der Waals surface area contributed by atoms with Gasteiger partial charge >= 0.3 is 0 Å². The molecule has 0 saturated carbocycles. The molecule has 0 aliphatic carbocycles. The monoisotopic (exact) mass is 397 g/mol. The molecular weight excluding hydrogens is 370 g/mol. The predicted octanol–water partition coefficient (Wildman–Crippen LogP) is 3.88. The van der Waals surface area contributed by atoms with Crippen molar-refractivity contribution in [2.75, 3.05) is 18.0 Å². The molecule has 4 rings (SSSR count). The summed E-state index contributed by atoms with van der Waals surface area (Å²) in [4.78, 5) is 20.4. The minimum absolute atomic E-state index is 0.0168. The Morgan fingerprint density at radius 3 is 2.75 bits per heavy atom. The zero-order valence-corrected chi connectivity index (χ0v) is 17.5. The third-order valence-corrected chi connectivity index (χ3v) is 6.17. The van der Waals surface area contributed by atoms with E-state index in [2.05, 4.69) is 31.0 Å². The zero-order valence-electron chi connectivity index (χ0n) is 16.7. The molecule has 0 bridgehead atoms. The summed E-state index contributed by atoms with van der Waals surface area (Å²) in [5, 5.41) is 8.88. The van der Waals surface area contributed by atoms with Crippen molar-refractivity contribution in [3.05, 3.63) is 47.8 Å². The lowest BCUT2D eigenvalue weighted by Gasteiger charge is -2.35. The molecule has 0 spiro atoms. The first-order valence-corrected chi connectivity index (χ1v) is 10.7. The van der Waals surface area contributed by atoms with Crippen LogP contribution in [-0.4, -0.2) is 39.6 Å². The Kier molecular flexibility index (Phi) is 5.10. The number of fused-ring (bicyclic) bond motifs is 1. The summed E-state index contributed by atoms with van der Waals surface area (Å²) >= 11 is 1.63. The second kappa shape index (κ2) is 7.54. The van der Waals surface area contributed by atoms with Crippen LogP contribution in [0.1, 0.15) is 56.1 Å². The summed E-state index contributed by atoms with van der Waals surface area (Å²) in [6.07, 6.45) is 5.42. The number of hydrogen-bond acceptors (Lipinski definition) is 5. The first-order chi connectivity index (χ1) is 13.4. The van der Waals surface area contributed by atoms with Crippen molar-refractivity contribution in [1.82, 2.24) is 19.9 Å². The van der Waals surface area contributed by atoms with Crippen LogP contribution in [0.15, 0.2) is 36.5 Å². The number of piperidine rings is 1. The van der Waals surface area contributed by atoms with Crippen molar-refractivity contribution in [3.8, 4) is 0 Å². The second-order valence-electron chi connectivity index (χ2n) is 8.41. The average Bonchev–Trinajstić information content (AvgIpc) is 3.26. The van der Waals surface area contributed by atoms with E-state index in [1.54, 1.807) is 11.3 Å². The summed E-state index contributed by atoms with van der Waals surface area (Å²) in [5.74, 6) is -0.0186. The molecule has 1 unspecified atom stereocenters. The van der Waals surface area contributed by atoms with E-state index in [1.165, 1.54) is 6.42 Å². The molecule has 7 heteroatoms. The van der Waals surface area contributed by atoms with E-state index in [0.29, 0.717) is 12.1 Å². The Balaban J connectivity index is 1.48.